The third kappa shape index (κ3) is 5.32. The van der Waals surface area contributed by atoms with Crippen molar-refractivity contribution >= 4 is 29.3 Å². The molecule has 1 aliphatic heterocycles. The predicted molar refractivity (Wildman–Crippen MR) is 83.6 cm³/mol. The molecule has 0 unspecified atom stereocenters. The number of rotatable bonds is 6. The van der Waals surface area contributed by atoms with Crippen molar-refractivity contribution in [3.05, 3.63) is 28.0 Å². The largest absolute Gasteiger partial charge is 0.478 e. The predicted octanol–water partition coefficient (Wildman–Crippen LogP) is 2.06. The number of amides is 1. The van der Waals surface area contributed by atoms with E-state index in [4.69, 9.17) is 5.11 Å². The van der Waals surface area contributed by atoms with Gasteiger partial charge in [-0.2, -0.15) is 0 Å². The van der Waals surface area contributed by atoms with Gasteiger partial charge in [0.25, 0.3) is 5.91 Å². The van der Waals surface area contributed by atoms with E-state index in [-0.39, 0.29) is 5.91 Å². The Morgan fingerprint density at radius 2 is 2.05 bits per heavy atom. The Labute approximate surface area is 128 Å². The molecule has 1 aromatic rings. The molecule has 1 fully saturated rings. The van der Waals surface area contributed by atoms with Gasteiger partial charge in [-0.15, -0.1) is 11.3 Å². The van der Waals surface area contributed by atoms with Gasteiger partial charge in [-0.25, -0.2) is 4.79 Å². The Kier molecular flexibility index (Phi) is 5.95. The lowest BCUT2D eigenvalue weighted by Gasteiger charge is -2.26. The van der Waals surface area contributed by atoms with Gasteiger partial charge in [0.2, 0.25) is 0 Å². The lowest BCUT2D eigenvalue weighted by Crippen LogP contribution is -2.37. The lowest BCUT2D eigenvalue weighted by atomic mass is 10.1. The summed E-state index contributed by atoms with van der Waals surface area (Å²) >= 11 is 1.29. The summed E-state index contributed by atoms with van der Waals surface area (Å²) in [5, 5.41) is 11.5. The number of thiophene rings is 1. The number of hydrogen-bond acceptors (Lipinski definition) is 4. The number of nitrogens with zero attached hydrogens (tertiary/aromatic N) is 1. The zero-order valence-corrected chi connectivity index (χ0v) is 12.7. The fourth-order valence-electron chi connectivity index (χ4n) is 2.32. The van der Waals surface area contributed by atoms with E-state index in [0.29, 0.717) is 11.4 Å². The normalized spacial score (nSPS) is 16.2. The van der Waals surface area contributed by atoms with Gasteiger partial charge in [0.1, 0.15) is 0 Å². The highest BCUT2D eigenvalue weighted by atomic mass is 32.1. The van der Waals surface area contributed by atoms with Crippen molar-refractivity contribution in [3.63, 3.8) is 0 Å². The van der Waals surface area contributed by atoms with Crippen LogP contribution in [0.15, 0.2) is 18.2 Å². The standard InChI is InChI=1S/C15H20N2O3S/c18-14(19)7-5-12-4-6-13(21-12)15(20)16-8-11-17-9-2-1-3-10-17/h4-7H,1-3,8-11H2,(H,16,20)(H,18,19). The summed E-state index contributed by atoms with van der Waals surface area (Å²) in [5.74, 6) is -1.08. The molecule has 2 rings (SSSR count). The van der Waals surface area contributed by atoms with E-state index in [1.54, 1.807) is 12.1 Å². The van der Waals surface area contributed by atoms with Crippen molar-refractivity contribution in [2.75, 3.05) is 26.2 Å². The quantitative estimate of drug-likeness (QED) is 0.789. The van der Waals surface area contributed by atoms with Crippen LogP contribution in [0.25, 0.3) is 6.08 Å². The summed E-state index contributed by atoms with van der Waals surface area (Å²) in [4.78, 5) is 26.2. The molecule has 0 atom stereocenters. The van der Waals surface area contributed by atoms with E-state index in [1.165, 1.54) is 36.7 Å². The average molecular weight is 308 g/mol. The zero-order chi connectivity index (χ0) is 15.1. The molecule has 2 heterocycles. The van der Waals surface area contributed by atoms with Gasteiger partial charge in [0.05, 0.1) is 4.88 Å². The first kappa shape index (κ1) is 15.7. The van der Waals surface area contributed by atoms with Gasteiger partial charge in [0, 0.05) is 24.0 Å². The maximum absolute atomic E-state index is 12.0. The highest BCUT2D eigenvalue weighted by Gasteiger charge is 2.11. The summed E-state index contributed by atoms with van der Waals surface area (Å²) in [6, 6.07) is 3.48. The Morgan fingerprint density at radius 3 is 2.76 bits per heavy atom. The maximum Gasteiger partial charge on any atom is 0.328 e. The minimum absolute atomic E-state index is 0.0908. The summed E-state index contributed by atoms with van der Waals surface area (Å²) in [6.07, 6.45) is 6.38. The summed E-state index contributed by atoms with van der Waals surface area (Å²) in [6.45, 7) is 3.79. The number of carbonyl (C=O) groups excluding carboxylic acids is 1. The number of likely N-dealkylation sites (tertiary alicyclic amines) is 1. The first-order chi connectivity index (χ1) is 10.1. The van der Waals surface area contributed by atoms with Gasteiger partial charge in [0.15, 0.2) is 0 Å². The number of piperidine rings is 1. The Hall–Kier alpha value is -1.66. The molecule has 114 valence electrons. The Bertz CT molecular complexity index is 519. The van der Waals surface area contributed by atoms with Crippen molar-refractivity contribution in [3.8, 4) is 0 Å². The molecule has 1 aliphatic rings. The summed E-state index contributed by atoms with van der Waals surface area (Å²) in [5.41, 5.74) is 0. The molecule has 1 saturated heterocycles. The number of nitrogens with one attached hydrogen (secondary N) is 1. The van der Waals surface area contributed by atoms with Gasteiger partial charge in [-0.05, 0) is 44.1 Å². The third-order valence-electron chi connectivity index (χ3n) is 3.40. The van der Waals surface area contributed by atoms with Crippen molar-refractivity contribution < 1.29 is 14.7 Å². The third-order valence-corrected chi connectivity index (χ3v) is 4.45. The molecule has 6 heteroatoms. The molecule has 0 bridgehead atoms. The van der Waals surface area contributed by atoms with Crippen molar-refractivity contribution in [1.29, 1.82) is 0 Å². The second kappa shape index (κ2) is 7.95. The minimum Gasteiger partial charge on any atom is -0.478 e. The Morgan fingerprint density at radius 1 is 1.29 bits per heavy atom. The number of carboxylic acid groups (broad SMARTS) is 1. The van der Waals surface area contributed by atoms with E-state index in [9.17, 15) is 9.59 Å². The SMILES string of the molecule is O=C(O)C=Cc1ccc(C(=O)NCCN2CCCCC2)s1. The molecular weight excluding hydrogens is 288 g/mol. The fourth-order valence-corrected chi connectivity index (χ4v) is 3.14. The molecule has 1 amide bonds. The zero-order valence-electron chi connectivity index (χ0n) is 11.9. The van der Waals surface area contributed by atoms with Crippen molar-refractivity contribution in [1.82, 2.24) is 10.2 Å². The van der Waals surface area contributed by atoms with E-state index >= 15 is 0 Å². The molecule has 0 spiro atoms. The lowest BCUT2D eigenvalue weighted by molar-refractivity contribution is -0.131. The van der Waals surface area contributed by atoms with Crippen molar-refractivity contribution in [2.45, 2.75) is 19.3 Å². The van der Waals surface area contributed by atoms with Gasteiger partial charge in [-0.1, -0.05) is 6.42 Å². The number of hydrogen-bond donors (Lipinski definition) is 2. The highest BCUT2D eigenvalue weighted by molar-refractivity contribution is 7.14. The van der Waals surface area contributed by atoms with E-state index in [0.717, 1.165) is 30.6 Å². The van der Waals surface area contributed by atoms with E-state index in [2.05, 4.69) is 10.2 Å². The highest BCUT2D eigenvalue weighted by Crippen LogP contribution is 2.17. The molecule has 0 aliphatic carbocycles. The van der Waals surface area contributed by atoms with E-state index < -0.39 is 5.97 Å². The van der Waals surface area contributed by atoms with Crippen LogP contribution in [0.4, 0.5) is 0 Å². The average Bonchev–Trinajstić information content (AvgIpc) is 2.95. The number of carbonyl (C=O) groups is 2. The van der Waals surface area contributed by atoms with Crippen LogP contribution in [-0.4, -0.2) is 48.1 Å². The molecule has 0 saturated carbocycles. The Balaban J connectivity index is 1.76. The van der Waals surface area contributed by atoms with Crippen molar-refractivity contribution in [2.24, 2.45) is 0 Å². The van der Waals surface area contributed by atoms with Gasteiger partial charge in [-0.3, -0.25) is 4.79 Å². The molecule has 0 radical (unpaired) electrons. The minimum atomic E-state index is -0.990. The van der Waals surface area contributed by atoms with Crippen LogP contribution >= 0.6 is 11.3 Å². The molecule has 1 aromatic heterocycles. The number of carboxylic acids is 1. The second-order valence-corrected chi connectivity index (χ2v) is 6.15. The van der Waals surface area contributed by atoms with Crippen LogP contribution in [0.5, 0.6) is 0 Å². The first-order valence-corrected chi connectivity index (χ1v) is 7.98. The summed E-state index contributed by atoms with van der Waals surface area (Å²) < 4.78 is 0. The number of aliphatic carboxylic acids is 1. The molecule has 2 N–H and O–H groups in total. The van der Waals surface area contributed by atoms with Crippen LogP contribution < -0.4 is 5.32 Å². The summed E-state index contributed by atoms with van der Waals surface area (Å²) in [7, 11) is 0. The molecule has 0 aromatic carbocycles. The second-order valence-electron chi connectivity index (χ2n) is 5.03. The van der Waals surface area contributed by atoms with Crippen LogP contribution in [0.2, 0.25) is 0 Å². The monoisotopic (exact) mass is 308 g/mol. The van der Waals surface area contributed by atoms with Crippen LogP contribution in [0.1, 0.15) is 33.8 Å². The van der Waals surface area contributed by atoms with Gasteiger partial charge >= 0.3 is 5.97 Å². The first-order valence-electron chi connectivity index (χ1n) is 7.16. The molecule has 21 heavy (non-hydrogen) atoms. The van der Waals surface area contributed by atoms with E-state index in [1.807, 2.05) is 0 Å². The topological polar surface area (TPSA) is 69.6 Å². The van der Waals surface area contributed by atoms with Crippen LogP contribution in [-0.2, 0) is 4.79 Å². The molecule has 5 nitrogen and oxygen atoms in total. The maximum atomic E-state index is 12.0. The molecular formula is C15H20N2O3S. The van der Waals surface area contributed by atoms with Gasteiger partial charge < -0.3 is 15.3 Å². The smallest absolute Gasteiger partial charge is 0.328 e. The fraction of sp³-hybridized carbons (Fsp3) is 0.467. The van der Waals surface area contributed by atoms with Crippen LogP contribution in [0, 0.1) is 0 Å². The van der Waals surface area contributed by atoms with Crippen LogP contribution in [0.3, 0.4) is 0 Å².